The van der Waals surface area contributed by atoms with Gasteiger partial charge in [-0.25, -0.2) is 9.37 Å². The molecule has 0 amide bonds. The minimum atomic E-state index is -0.890. The van der Waals surface area contributed by atoms with E-state index in [9.17, 15) is 4.39 Å². The van der Waals surface area contributed by atoms with Gasteiger partial charge in [0.2, 0.25) is 11.8 Å². The van der Waals surface area contributed by atoms with Crippen molar-refractivity contribution in [2.24, 2.45) is 16.5 Å². The van der Waals surface area contributed by atoms with Crippen molar-refractivity contribution in [3.63, 3.8) is 0 Å². The number of ether oxygens (including phenoxy) is 1. The lowest BCUT2D eigenvalue weighted by molar-refractivity contribution is 0.285. The first-order chi connectivity index (χ1) is 15.7. The molecule has 1 aliphatic rings. The third kappa shape index (κ3) is 6.10. The molecule has 0 aromatic carbocycles. The number of aliphatic imine (C=N–C) groups is 1. The molecule has 0 bridgehead atoms. The number of rotatable bonds is 10. The first kappa shape index (κ1) is 24.7. The Balaban J connectivity index is 1.97. The topological polar surface area (TPSA) is 132 Å². The number of imidazole rings is 1. The number of halogens is 1. The van der Waals surface area contributed by atoms with Gasteiger partial charge in [0, 0.05) is 18.6 Å². The molecule has 3 heterocycles. The Morgan fingerprint density at radius 1 is 1.33 bits per heavy atom. The lowest BCUT2D eigenvalue weighted by Crippen LogP contribution is -2.25. The highest BCUT2D eigenvalue weighted by Gasteiger charge is 2.27. The third-order valence-electron chi connectivity index (χ3n) is 5.47. The van der Waals surface area contributed by atoms with E-state index >= 15 is 0 Å². The number of anilines is 2. The summed E-state index contributed by atoms with van der Waals surface area (Å²) in [7, 11) is 1.49. The number of hydrogen-bond acceptors (Lipinski definition) is 9. The summed E-state index contributed by atoms with van der Waals surface area (Å²) >= 11 is 0. The maximum absolute atomic E-state index is 13.9. The van der Waals surface area contributed by atoms with E-state index in [4.69, 9.17) is 21.2 Å². The smallest absolute Gasteiger partial charge is 0.229 e. The average molecular weight is 462 g/mol. The second-order valence-electron chi connectivity index (χ2n) is 9.15. The number of hydrogen-bond donors (Lipinski definition) is 3. The van der Waals surface area contributed by atoms with Crippen molar-refractivity contribution >= 4 is 29.1 Å². The maximum atomic E-state index is 13.9. The van der Waals surface area contributed by atoms with Crippen molar-refractivity contribution in [2.45, 2.75) is 58.2 Å². The van der Waals surface area contributed by atoms with Gasteiger partial charge in [-0.3, -0.25) is 4.99 Å². The Kier molecular flexibility index (Phi) is 8.06. The number of nitrogens with two attached hydrogens (primary N) is 2. The number of allylic oxidation sites excluding steroid dienone is 1. The lowest BCUT2D eigenvalue weighted by Gasteiger charge is -2.22. The summed E-state index contributed by atoms with van der Waals surface area (Å²) in [6, 6.07) is 0. The van der Waals surface area contributed by atoms with Gasteiger partial charge in [-0.05, 0) is 46.6 Å². The number of methoxy groups -OCH3 is 1. The summed E-state index contributed by atoms with van der Waals surface area (Å²) in [5, 5.41) is 3.23. The first-order valence-electron chi connectivity index (χ1n) is 11.4. The fraction of sp³-hybridized carbons (Fsp3) is 0.636. The Morgan fingerprint density at radius 3 is 2.76 bits per heavy atom. The fourth-order valence-electron chi connectivity index (χ4n) is 3.58. The zero-order chi connectivity index (χ0) is 24.0. The third-order valence-corrected chi connectivity index (χ3v) is 5.47. The van der Waals surface area contributed by atoms with E-state index in [1.807, 2.05) is 9.47 Å². The van der Waals surface area contributed by atoms with Crippen LogP contribution in [0, 0.1) is 0 Å². The van der Waals surface area contributed by atoms with E-state index in [1.165, 1.54) is 7.11 Å². The standard InChI is InChI=1S/C22H36FN9O/c1-22(2,3)32-14-27-17-19(29-21(30-20(17)32)31-11-8-15(23)13-31)28-16(18(25)33-4)12-26-10-7-5-6-9-24/h12,14-15H,5-11,13,24-25H2,1-4H3,(H,28,29,30)/t15-/m0/s1. The first-order valence-corrected chi connectivity index (χ1v) is 11.4. The van der Waals surface area contributed by atoms with E-state index in [2.05, 4.69) is 41.0 Å². The van der Waals surface area contributed by atoms with Crippen LogP contribution in [-0.4, -0.2) is 65.2 Å². The Bertz CT molecular complexity index is 996. The van der Waals surface area contributed by atoms with Crippen molar-refractivity contribution in [3.05, 3.63) is 17.9 Å². The molecule has 2 aromatic rings. The fourth-order valence-corrected chi connectivity index (χ4v) is 3.58. The van der Waals surface area contributed by atoms with E-state index in [-0.39, 0.29) is 18.0 Å². The van der Waals surface area contributed by atoms with Crippen LogP contribution in [0.4, 0.5) is 16.2 Å². The molecule has 1 aliphatic heterocycles. The molecule has 1 saturated heterocycles. The highest BCUT2D eigenvalue weighted by atomic mass is 19.1. The van der Waals surface area contributed by atoms with Gasteiger partial charge in [0.25, 0.3) is 0 Å². The molecule has 0 unspecified atom stereocenters. The summed E-state index contributed by atoms with van der Waals surface area (Å²) in [5.41, 5.74) is 13.1. The quantitative estimate of drug-likeness (QED) is 0.279. The predicted molar refractivity (Wildman–Crippen MR) is 130 cm³/mol. The molecule has 33 heavy (non-hydrogen) atoms. The number of nitrogens with zero attached hydrogens (tertiary/aromatic N) is 6. The monoisotopic (exact) mass is 461 g/mol. The van der Waals surface area contributed by atoms with Gasteiger partial charge < -0.3 is 31.0 Å². The highest BCUT2D eigenvalue weighted by molar-refractivity contribution is 5.90. The summed E-state index contributed by atoms with van der Waals surface area (Å²) < 4.78 is 21.1. The van der Waals surface area contributed by atoms with Crippen LogP contribution in [0.25, 0.3) is 11.2 Å². The molecule has 5 N–H and O–H groups in total. The van der Waals surface area contributed by atoms with Crippen LogP contribution in [0.1, 0.15) is 46.5 Å². The largest absolute Gasteiger partial charge is 0.481 e. The molecule has 3 rings (SSSR count). The molecule has 2 aromatic heterocycles. The molecule has 0 saturated carbocycles. The minimum Gasteiger partial charge on any atom is -0.481 e. The Hall–Kier alpha value is -2.95. The molecule has 11 heteroatoms. The van der Waals surface area contributed by atoms with Crippen molar-refractivity contribution in [1.29, 1.82) is 0 Å². The van der Waals surface area contributed by atoms with E-state index < -0.39 is 6.17 Å². The minimum absolute atomic E-state index is 0.175. The van der Waals surface area contributed by atoms with Crippen LogP contribution in [0.2, 0.25) is 0 Å². The predicted octanol–water partition coefficient (Wildman–Crippen LogP) is 2.52. The summed E-state index contributed by atoms with van der Waals surface area (Å²) in [6.45, 7) is 8.37. The van der Waals surface area contributed by atoms with Gasteiger partial charge in [0.15, 0.2) is 17.0 Å². The Labute approximate surface area is 194 Å². The van der Waals surface area contributed by atoms with Gasteiger partial charge in [0.1, 0.15) is 11.9 Å². The molecule has 1 atom stereocenters. The van der Waals surface area contributed by atoms with Crippen molar-refractivity contribution < 1.29 is 9.13 Å². The molecule has 0 spiro atoms. The van der Waals surface area contributed by atoms with Gasteiger partial charge >= 0.3 is 0 Å². The van der Waals surface area contributed by atoms with Gasteiger partial charge in [0.05, 0.1) is 26.2 Å². The maximum Gasteiger partial charge on any atom is 0.229 e. The highest BCUT2D eigenvalue weighted by Crippen LogP contribution is 2.29. The lowest BCUT2D eigenvalue weighted by atomic mass is 10.1. The number of unbranched alkanes of at least 4 members (excludes halogenated alkanes) is 2. The summed E-state index contributed by atoms with van der Waals surface area (Å²) in [4.78, 5) is 20.3. The second kappa shape index (κ2) is 10.8. The number of fused-ring (bicyclic) bond motifs is 1. The van der Waals surface area contributed by atoms with Crippen LogP contribution in [0.15, 0.2) is 22.9 Å². The van der Waals surface area contributed by atoms with E-state index in [0.717, 1.165) is 19.3 Å². The summed E-state index contributed by atoms with van der Waals surface area (Å²) in [5.74, 6) is 1.09. The zero-order valence-corrected chi connectivity index (χ0v) is 20.0. The number of aromatic nitrogens is 4. The average Bonchev–Trinajstić information content (AvgIpc) is 3.40. The van der Waals surface area contributed by atoms with Gasteiger partial charge in [-0.15, -0.1) is 0 Å². The zero-order valence-electron chi connectivity index (χ0n) is 20.0. The van der Waals surface area contributed by atoms with Gasteiger partial charge in [-0.2, -0.15) is 9.97 Å². The second-order valence-corrected chi connectivity index (χ2v) is 9.15. The SMILES string of the molecule is COC(N)=C(C=NCCCCCN)Nc1nc(N2CC[C@H](F)C2)nc2c1ncn2C(C)(C)C. The summed E-state index contributed by atoms with van der Waals surface area (Å²) in [6.07, 6.45) is 5.89. The van der Waals surface area contributed by atoms with E-state index in [1.54, 1.807) is 12.5 Å². The molecular weight excluding hydrogens is 425 g/mol. The molecule has 0 radical (unpaired) electrons. The molecule has 182 valence electrons. The molecular formula is C22H36FN9O. The van der Waals surface area contributed by atoms with Crippen LogP contribution in [0.5, 0.6) is 0 Å². The van der Waals surface area contributed by atoms with Crippen molar-refractivity contribution in [2.75, 3.05) is 43.5 Å². The number of alkyl halides is 1. The molecule has 0 aliphatic carbocycles. The van der Waals surface area contributed by atoms with Crippen LogP contribution >= 0.6 is 0 Å². The normalized spacial score (nSPS) is 17.8. The van der Waals surface area contributed by atoms with Crippen molar-refractivity contribution in [3.8, 4) is 0 Å². The van der Waals surface area contributed by atoms with Crippen LogP contribution < -0.4 is 21.7 Å². The van der Waals surface area contributed by atoms with Crippen LogP contribution in [-0.2, 0) is 10.3 Å². The molecule has 10 nitrogen and oxygen atoms in total. The van der Waals surface area contributed by atoms with E-state index in [0.29, 0.717) is 54.7 Å². The molecule has 1 fully saturated rings. The number of nitrogens with one attached hydrogen (secondary N) is 1. The van der Waals surface area contributed by atoms with Crippen LogP contribution in [0.3, 0.4) is 0 Å². The van der Waals surface area contributed by atoms with Gasteiger partial charge in [-0.1, -0.05) is 6.42 Å². The Morgan fingerprint density at radius 2 is 2.12 bits per heavy atom. The van der Waals surface area contributed by atoms with Crippen molar-refractivity contribution in [1.82, 2.24) is 19.5 Å².